The SMILES string of the molecule is COc1cc(NC(=O)C(Sc2ccccc2)c2ccccc2)c(OC)cc1NC(=O)c1ccccc1. The number of carbonyl (C=O) groups excluding carboxylic acids is 2. The van der Waals surface area contributed by atoms with Crippen molar-refractivity contribution in [2.45, 2.75) is 10.1 Å². The molecule has 0 heterocycles. The van der Waals surface area contributed by atoms with Gasteiger partial charge in [-0.2, -0.15) is 0 Å². The predicted octanol–water partition coefficient (Wildman–Crippen LogP) is 6.43. The number of anilines is 2. The predicted molar refractivity (Wildman–Crippen MR) is 144 cm³/mol. The molecule has 0 aliphatic carbocycles. The number of hydrogen-bond acceptors (Lipinski definition) is 5. The Morgan fingerprint density at radius 3 is 1.75 bits per heavy atom. The molecule has 1 atom stereocenters. The number of carbonyl (C=O) groups is 2. The van der Waals surface area contributed by atoms with E-state index in [0.29, 0.717) is 28.4 Å². The molecule has 0 bridgehead atoms. The molecule has 36 heavy (non-hydrogen) atoms. The third kappa shape index (κ3) is 6.06. The van der Waals surface area contributed by atoms with Crippen molar-refractivity contribution in [3.8, 4) is 11.5 Å². The van der Waals surface area contributed by atoms with E-state index in [2.05, 4.69) is 10.6 Å². The van der Waals surface area contributed by atoms with Crippen LogP contribution in [0.15, 0.2) is 108 Å². The molecule has 2 N–H and O–H groups in total. The number of nitrogens with one attached hydrogen (secondary N) is 2. The van der Waals surface area contributed by atoms with Gasteiger partial charge in [0.2, 0.25) is 5.91 Å². The maximum atomic E-state index is 13.5. The number of rotatable bonds is 9. The van der Waals surface area contributed by atoms with Gasteiger partial charge in [0.05, 0.1) is 25.6 Å². The number of amides is 2. The summed E-state index contributed by atoms with van der Waals surface area (Å²) in [5.41, 5.74) is 2.26. The van der Waals surface area contributed by atoms with Gasteiger partial charge >= 0.3 is 0 Å². The number of benzene rings is 4. The van der Waals surface area contributed by atoms with Crippen molar-refractivity contribution in [3.63, 3.8) is 0 Å². The monoisotopic (exact) mass is 498 g/mol. The number of hydrogen-bond donors (Lipinski definition) is 2. The van der Waals surface area contributed by atoms with Crippen molar-refractivity contribution in [2.75, 3.05) is 24.9 Å². The zero-order chi connectivity index (χ0) is 25.3. The van der Waals surface area contributed by atoms with Crippen molar-refractivity contribution in [2.24, 2.45) is 0 Å². The van der Waals surface area contributed by atoms with E-state index in [4.69, 9.17) is 9.47 Å². The molecule has 4 aromatic rings. The standard InChI is InChI=1S/C29H26N2O4S/c1-34-25-19-24(26(35-2)18-23(25)30-28(32)21-14-8-4-9-15-21)31-29(33)27(20-12-6-3-7-13-20)36-22-16-10-5-11-17-22/h3-19,27H,1-2H3,(H,30,32)(H,31,33). The lowest BCUT2D eigenvalue weighted by Crippen LogP contribution is -2.20. The van der Waals surface area contributed by atoms with E-state index in [1.54, 1.807) is 36.4 Å². The average molecular weight is 499 g/mol. The number of thioether (sulfide) groups is 1. The molecule has 0 fully saturated rings. The first kappa shape index (κ1) is 24.9. The summed E-state index contributed by atoms with van der Waals surface area (Å²) < 4.78 is 11.1. The summed E-state index contributed by atoms with van der Waals surface area (Å²) in [4.78, 5) is 27.2. The van der Waals surface area contributed by atoms with E-state index in [1.165, 1.54) is 26.0 Å². The lowest BCUT2D eigenvalue weighted by Gasteiger charge is -2.20. The second kappa shape index (κ2) is 12.0. The van der Waals surface area contributed by atoms with Crippen LogP contribution >= 0.6 is 11.8 Å². The molecule has 0 spiro atoms. The molecule has 4 rings (SSSR count). The maximum absolute atomic E-state index is 13.5. The van der Waals surface area contributed by atoms with Crippen LogP contribution in [0, 0.1) is 0 Å². The lowest BCUT2D eigenvalue weighted by molar-refractivity contribution is -0.115. The van der Waals surface area contributed by atoms with Gasteiger partial charge in [-0.15, -0.1) is 11.8 Å². The summed E-state index contributed by atoms with van der Waals surface area (Å²) in [5, 5.41) is 5.34. The first-order valence-electron chi connectivity index (χ1n) is 11.3. The van der Waals surface area contributed by atoms with Crippen LogP contribution in [0.4, 0.5) is 11.4 Å². The summed E-state index contributed by atoms with van der Waals surface area (Å²) in [7, 11) is 3.01. The van der Waals surface area contributed by atoms with Crippen LogP contribution in [0.25, 0.3) is 0 Å². The highest BCUT2D eigenvalue weighted by molar-refractivity contribution is 8.00. The van der Waals surface area contributed by atoms with E-state index >= 15 is 0 Å². The molecule has 0 aliphatic rings. The van der Waals surface area contributed by atoms with E-state index in [0.717, 1.165) is 10.5 Å². The van der Waals surface area contributed by atoms with E-state index < -0.39 is 5.25 Å². The van der Waals surface area contributed by atoms with Gasteiger partial charge in [-0.25, -0.2) is 0 Å². The fourth-order valence-corrected chi connectivity index (χ4v) is 4.66. The largest absolute Gasteiger partial charge is 0.494 e. The van der Waals surface area contributed by atoms with Crippen LogP contribution in [0.5, 0.6) is 11.5 Å². The molecule has 0 radical (unpaired) electrons. The molecule has 4 aromatic carbocycles. The van der Waals surface area contributed by atoms with E-state index in [-0.39, 0.29) is 11.8 Å². The van der Waals surface area contributed by atoms with Crippen LogP contribution < -0.4 is 20.1 Å². The van der Waals surface area contributed by atoms with Gasteiger partial charge < -0.3 is 20.1 Å². The smallest absolute Gasteiger partial charge is 0.255 e. The third-order valence-corrected chi connectivity index (χ3v) is 6.67. The minimum atomic E-state index is -0.498. The highest BCUT2D eigenvalue weighted by Crippen LogP contribution is 2.40. The molecule has 0 saturated carbocycles. The van der Waals surface area contributed by atoms with Crippen molar-refractivity contribution in [1.82, 2.24) is 0 Å². The Kier molecular flexibility index (Phi) is 8.26. The van der Waals surface area contributed by atoms with Crippen LogP contribution in [0.2, 0.25) is 0 Å². The fourth-order valence-electron chi connectivity index (χ4n) is 3.61. The Morgan fingerprint density at radius 1 is 0.694 bits per heavy atom. The van der Waals surface area contributed by atoms with Crippen LogP contribution in [-0.4, -0.2) is 26.0 Å². The molecule has 182 valence electrons. The number of ether oxygens (including phenoxy) is 2. The molecular weight excluding hydrogens is 472 g/mol. The Hall–Kier alpha value is -4.23. The van der Waals surface area contributed by atoms with Crippen LogP contribution in [-0.2, 0) is 4.79 Å². The first-order chi connectivity index (χ1) is 17.6. The maximum Gasteiger partial charge on any atom is 0.255 e. The summed E-state index contributed by atoms with van der Waals surface area (Å²) in [5.74, 6) is 0.291. The first-order valence-corrected chi connectivity index (χ1v) is 12.2. The van der Waals surface area contributed by atoms with E-state index in [1.807, 2.05) is 66.7 Å². The van der Waals surface area contributed by atoms with Gasteiger partial charge in [0, 0.05) is 22.6 Å². The molecule has 0 aromatic heterocycles. The Bertz CT molecular complexity index is 1320. The van der Waals surface area contributed by atoms with Gasteiger partial charge in [0.1, 0.15) is 16.7 Å². The molecule has 7 heteroatoms. The fraction of sp³-hybridized carbons (Fsp3) is 0.103. The quantitative estimate of drug-likeness (QED) is 0.260. The molecular formula is C29H26N2O4S. The van der Waals surface area contributed by atoms with Crippen molar-refractivity contribution < 1.29 is 19.1 Å². The topological polar surface area (TPSA) is 76.7 Å². The second-order valence-corrected chi connectivity index (χ2v) is 8.96. The van der Waals surface area contributed by atoms with Crippen molar-refractivity contribution >= 4 is 35.0 Å². The second-order valence-electron chi connectivity index (χ2n) is 7.78. The summed E-state index contributed by atoms with van der Waals surface area (Å²) in [6.07, 6.45) is 0. The van der Waals surface area contributed by atoms with E-state index in [9.17, 15) is 9.59 Å². The van der Waals surface area contributed by atoms with Gasteiger partial charge in [-0.1, -0.05) is 66.7 Å². The minimum absolute atomic E-state index is 0.212. The Balaban J connectivity index is 1.61. The Morgan fingerprint density at radius 2 is 1.19 bits per heavy atom. The zero-order valence-electron chi connectivity index (χ0n) is 19.9. The molecule has 2 amide bonds. The molecule has 0 aliphatic heterocycles. The van der Waals surface area contributed by atoms with Gasteiger partial charge in [0.25, 0.3) is 5.91 Å². The molecule has 6 nitrogen and oxygen atoms in total. The zero-order valence-corrected chi connectivity index (χ0v) is 20.8. The summed E-state index contributed by atoms with van der Waals surface area (Å²) in [6, 6.07) is 31.5. The average Bonchev–Trinajstić information content (AvgIpc) is 2.93. The number of methoxy groups -OCH3 is 2. The molecule has 1 unspecified atom stereocenters. The molecule has 0 saturated heterocycles. The minimum Gasteiger partial charge on any atom is -0.494 e. The summed E-state index contributed by atoms with van der Waals surface area (Å²) >= 11 is 1.46. The van der Waals surface area contributed by atoms with Gasteiger partial charge in [-0.3, -0.25) is 9.59 Å². The van der Waals surface area contributed by atoms with Gasteiger partial charge in [0.15, 0.2) is 0 Å². The van der Waals surface area contributed by atoms with Crippen LogP contribution in [0.1, 0.15) is 21.2 Å². The summed E-state index contributed by atoms with van der Waals surface area (Å²) in [6.45, 7) is 0. The Labute approximate surface area is 214 Å². The van der Waals surface area contributed by atoms with Gasteiger partial charge in [-0.05, 0) is 29.8 Å². The highest BCUT2D eigenvalue weighted by Gasteiger charge is 2.24. The highest BCUT2D eigenvalue weighted by atomic mass is 32.2. The van der Waals surface area contributed by atoms with Crippen molar-refractivity contribution in [3.05, 3.63) is 114 Å². The normalized spacial score (nSPS) is 11.3. The van der Waals surface area contributed by atoms with Crippen molar-refractivity contribution in [1.29, 1.82) is 0 Å². The lowest BCUT2D eigenvalue weighted by atomic mass is 10.1. The van der Waals surface area contributed by atoms with Crippen LogP contribution in [0.3, 0.4) is 0 Å². The third-order valence-electron chi connectivity index (χ3n) is 5.40.